The zero-order valence-corrected chi connectivity index (χ0v) is 16.9. The van der Waals surface area contributed by atoms with Gasteiger partial charge in [-0.25, -0.2) is 4.79 Å². The molecule has 1 N–H and O–H groups in total. The van der Waals surface area contributed by atoms with Crippen LogP contribution in [0.25, 0.3) is 0 Å². The first kappa shape index (κ1) is 20.3. The van der Waals surface area contributed by atoms with Crippen LogP contribution >= 0.6 is 0 Å². The number of hydrogen-bond acceptors (Lipinski definition) is 4. The minimum absolute atomic E-state index is 0.193. The van der Waals surface area contributed by atoms with Crippen molar-refractivity contribution in [2.45, 2.75) is 12.8 Å². The average Bonchev–Trinajstić information content (AvgIpc) is 2.83. The summed E-state index contributed by atoms with van der Waals surface area (Å²) < 4.78 is 5.30. The maximum atomic E-state index is 12.7. The highest BCUT2D eigenvalue weighted by Crippen LogP contribution is 2.27. The molecular weight excluding hydrogens is 392 g/mol. The second-order valence-corrected chi connectivity index (χ2v) is 7.22. The SMILES string of the molecule is O=C(Nc1ccccc1C(=O)OCC(=O)N1CCCc2ccccc21)c1ccccc1. The van der Waals surface area contributed by atoms with Crippen LogP contribution in [0.3, 0.4) is 0 Å². The number of para-hydroxylation sites is 2. The quantitative estimate of drug-likeness (QED) is 0.639. The molecule has 0 spiro atoms. The molecular formula is C25H22N2O4. The number of fused-ring (bicyclic) bond motifs is 1. The summed E-state index contributed by atoms with van der Waals surface area (Å²) >= 11 is 0. The van der Waals surface area contributed by atoms with Crippen molar-refractivity contribution in [1.82, 2.24) is 0 Å². The van der Waals surface area contributed by atoms with Crippen LogP contribution in [-0.2, 0) is 16.0 Å². The highest BCUT2D eigenvalue weighted by atomic mass is 16.5. The molecule has 0 unspecified atom stereocenters. The molecule has 0 saturated heterocycles. The lowest BCUT2D eigenvalue weighted by Gasteiger charge is -2.29. The van der Waals surface area contributed by atoms with Crippen molar-refractivity contribution in [3.05, 3.63) is 95.6 Å². The van der Waals surface area contributed by atoms with E-state index in [1.54, 1.807) is 53.4 Å². The molecule has 0 aromatic heterocycles. The number of carbonyl (C=O) groups excluding carboxylic acids is 3. The molecule has 0 radical (unpaired) electrons. The van der Waals surface area contributed by atoms with E-state index in [2.05, 4.69) is 5.32 Å². The molecule has 0 aliphatic carbocycles. The Kier molecular flexibility index (Phi) is 6.08. The molecule has 1 aliphatic rings. The molecule has 1 aliphatic heterocycles. The van der Waals surface area contributed by atoms with Crippen LogP contribution in [0.1, 0.15) is 32.7 Å². The highest BCUT2D eigenvalue weighted by molar-refractivity contribution is 6.08. The number of nitrogens with one attached hydrogen (secondary N) is 1. The van der Waals surface area contributed by atoms with Gasteiger partial charge >= 0.3 is 5.97 Å². The van der Waals surface area contributed by atoms with Gasteiger partial charge in [0.2, 0.25) is 0 Å². The van der Waals surface area contributed by atoms with E-state index in [1.807, 2.05) is 30.3 Å². The molecule has 31 heavy (non-hydrogen) atoms. The third-order valence-corrected chi connectivity index (χ3v) is 5.17. The molecule has 0 atom stereocenters. The van der Waals surface area contributed by atoms with E-state index >= 15 is 0 Å². The lowest BCUT2D eigenvalue weighted by atomic mass is 10.0. The molecule has 0 bridgehead atoms. The Bertz CT molecular complexity index is 1110. The van der Waals surface area contributed by atoms with Gasteiger partial charge in [-0.2, -0.15) is 0 Å². The van der Waals surface area contributed by atoms with Gasteiger partial charge in [0.1, 0.15) is 0 Å². The van der Waals surface area contributed by atoms with Crippen molar-refractivity contribution in [2.75, 3.05) is 23.4 Å². The fraction of sp³-hybridized carbons (Fsp3) is 0.160. The number of esters is 1. The molecule has 0 saturated carbocycles. The first-order valence-electron chi connectivity index (χ1n) is 10.1. The van der Waals surface area contributed by atoms with Gasteiger partial charge < -0.3 is 15.0 Å². The minimum atomic E-state index is -0.664. The summed E-state index contributed by atoms with van der Waals surface area (Å²) in [6.07, 6.45) is 1.79. The lowest BCUT2D eigenvalue weighted by molar-refractivity contribution is -0.121. The van der Waals surface area contributed by atoms with E-state index in [0.29, 0.717) is 17.8 Å². The number of rotatable bonds is 5. The second-order valence-electron chi connectivity index (χ2n) is 7.22. The van der Waals surface area contributed by atoms with Crippen molar-refractivity contribution in [3.63, 3.8) is 0 Å². The molecule has 3 aromatic carbocycles. The van der Waals surface area contributed by atoms with Gasteiger partial charge in [0, 0.05) is 17.8 Å². The topological polar surface area (TPSA) is 75.7 Å². The molecule has 4 rings (SSSR count). The molecule has 2 amide bonds. The van der Waals surface area contributed by atoms with Crippen molar-refractivity contribution in [1.29, 1.82) is 0 Å². The Hall–Kier alpha value is -3.93. The first-order valence-corrected chi connectivity index (χ1v) is 10.1. The summed E-state index contributed by atoms with van der Waals surface area (Å²) in [5, 5.41) is 2.74. The predicted octanol–water partition coefficient (Wildman–Crippen LogP) is 4.08. The predicted molar refractivity (Wildman–Crippen MR) is 118 cm³/mol. The number of anilines is 2. The van der Waals surface area contributed by atoms with Crippen LogP contribution in [0.15, 0.2) is 78.9 Å². The normalized spacial score (nSPS) is 12.6. The molecule has 156 valence electrons. The Labute approximate surface area is 180 Å². The van der Waals surface area contributed by atoms with Crippen molar-refractivity contribution in [2.24, 2.45) is 0 Å². The zero-order valence-electron chi connectivity index (χ0n) is 16.9. The summed E-state index contributed by atoms with van der Waals surface area (Å²) in [5.74, 6) is -1.27. The highest BCUT2D eigenvalue weighted by Gasteiger charge is 2.24. The van der Waals surface area contributed by atoms with Gasteiger partial charge in [0.25, 0.3) is 11.8 Å². The largest absolute Gasteiger partial charge is 0.452 e. The average molecular weight is 414 g/mol. The second kappa shape index (κ2) is 9.26. The minimum Gasteiger partial charge on any atom is -0.452 e. The van der Waals surface area contributed by atoms with Gasteiger partial charge in [-0.3, -0.25) is 9.59 Å². The van der Waals surface area contributed by atoms with E-state index in [-0.39, 0.29) is 24.0 Å². The van der Waals surface area contributed by atoms with Crippen LogP contribution in [0.5, 0.6) is 0 Å². The zero-order chi connectivity index (χ0) is 21.6. The van der Waals surface area contributed by atoms with Gasteiger partial charge in [-0.05, 0) is 48.7 Å². The van der Waals surface area contributed by atoms with Crippen LogP contribution in [-0.4, -0.2) is 30.9 Å². The smallest absolute Gasteiger partial charge is 0.340 e. The van der Waals surface area contributed by atoms with Crippen molar-refractivity contribution in [3.8, 4) is 0 Å². The maximum absolute atomic E-state index is 12.7. The number of ether oxygens (including phenoxy) is 1. The number of amides is 2. The fourth-order valence-corrected chi connectivity index (χ4v) is 3.63. The number of nitrogens with zero attached hydrogens (tertiary/aromatic N) is 1. The summed E-state index contributed by atoms with van der Waals surface area (Å²) in [5.41, 5.74) is 2.98. The lowest BCUT2D eigenvalue weighted by Crippen LogP contribution is -2.38. The fourth-order valence-electron chi connectivity index (χ4n) is 3.63. The maximum Gasteiger partial charge on any atom is 0.340 e. The third kappa shape index (κ3) is 4.64. The first-order chi connectivity index (χ1) is 15.1. The summed E-state index contributed by atoms with van der Waals surface area (Å²) in [4.78, 5) is 39.5. The summed E-state index contributed by atoms with van der Waals surface area (Å²) in [6, 6.07) is 23.1. The van der Waals surface area contributed by atoms with Gasteiger partial charge in [0.05, 0.1) is 11.3 Å². The van der Waals surface area contributed by atoms with Gasteiger partial charge in [0.15, 0.2) is 6.61 Å². The standard InChI is InChI=1S/C25H22N2O4/c28-23(27-16-8-12-18-9-4-7-15-22(18)27)17-31-25(30)20-13-5-6-14-21(20)26-24(29)19-10-2-1-3-11-19/h1-7,9-11,13-15H,8,12,16-17H2,(H,26,29). The molecule has 1 heterocycles. The van der Waals surface area contributed by atoms with Gasteiger partial charge in [-0.1, -0.05) is 48.5 Å². The number of hydrogen-bond donors (Lipinski definition) is 1. The third-order valence-electron chi connectivity index (χ3n) is 5.17. The number of aryl methyl sites for hydroxylation is 1. The van der Waals surface area contributed by atoms with Crippen LogP contribution in [0, 0.1) is 0 Å². The summed E-state index contributed by atoms with van der Waals surface area (Å²) in [7, 11) is 0. The van der Waals surface area contributed by atoms with E-state index < -0.39 is 5.97 Å². The molecule has 3 aromatic rings. The van der Waals surface area contributed by atoms with E-state index in [0.717, 1.165) is 24.1 Å². The Morgan fingerprint density at radius 2 is 1.58 bits per heavy atom. The Morgan fingerprint density at radius 1 is 0.871 bits per heavy atom. The van der Waals surface area contributed by atoms with Gasteiger partial charge in [-0.15, -0.1) is 0 Å². The number of carbonyl (C=O) groups is 3. The van der Waals surface area contributed by atoms with Crippen LogP contribution in [0.2, 0.25) is 0 Å². The van der Waals surface area contributed by atoms with Crippen LogP contribution < -0.4 is 10.2 Å². The Balaban J connectivity index is 1.43. The van der Waals surface area contributed by atoms with E-state index in [1.165, 1.54) is 0 Å². The van der Waals surface area contributed by atoms with E-state index in [4.69, 9.17) is 4.74 Å². The molecule has 0 fully saturated rings. The monoisotopic (exact) mass is 414 g/mol. The van der Waals surface area contributed by atoms with Crippen LogP contribution in [0.4, 0.5) is 11.4 Å². The van der Waals surface area contributed by atoms with Crippen molar-refractivity contribution >= 4 is 29.2 Å². The Morgan fingerprint density at radius 3 is 2.42 bits per heavy atom. The van der Waals surface area contributed by atoms with E-state index in [9.17, 15) is 14.4 Å². The molecule has 6 nitrogen and oxygen atoms in total. The molecule has 6 heteroatoms. The summed E-state index contributed by atoms with van der Waals surface area (Å²) in [6.45, 7) is 0.227. The van der Waals surface area contributed by atoms with Crippen molar-refractivity contribution < 1.29 is 19.1 Å². The number of benzene rings is 3.